The first-order valence-corrected chi connectivity index (χ1v) is 10.7. The number of benzene rings is 1. The Bertz CT molecular complexity index is 1050. The van der Waals surface area contributed by atoms with Gasteiger partial charge in [-0.05, 0) is 37.1 Å². The molecule has 7 nitrogen and oxygen atoms in total. The van der Waals surface area contributed by atoms with Crippen LogP contribution in [-0.2, 0) is 16.8 Å². The molecule has 1 aliphatic carbocycles. The maximum Gasteiger partial charge on any atom is 0.235 e. The van der Waals surface area contributed by atoms with Gasteiger partial charge in [0.25, 0.3) is 0 Å². The van der Waals surface area contributed by atoms with Gasteiger partial charge in [-0.1, -0.05) is 23.4 Å². The number of nitrogens with zero attached hydrogens (tertiary/aromatic N) is 4. The standard InChI is InChI=1S/C24H26N4O3/c1-30-20-7-4-5-18(15-20)21-16-22(26-31-21)24(8-9-24)23(29)28-13-11-27(12-14-28)17-19-6-2-3-10-25-19/h2-7,10,15-16H,8-9,11-14,17H2,1H3. The van der Waals surface area contributed by atoms with Crippen LogP contribution in [0.3, 0.4) is 0 Å². The molecule has 2 fully saturated rings. The first kappa shape index (κ1) is 19.8. The maximum absolute atomic E-state index is 13.4. The lowest BCUT2D eigenvalue weighted by atomic mass is 9.99. The molecule has 1 amide bonds. The molecule has 0 atom stereocenters. The summed E-state index contributed by atoms with van der Waals surface area (Å²) in [7, 11) is 1.64. The van der Waals surface area contributed by atoms with Crippen LogP contribution in [0, 0.1) is 0 Å². The minimum atomic E-state index is -0.524. The Kier molecular flexibility index (Phi) is 5.19. The molecule has 0 radical (unpaired) electrons. The SMILES string of the molecule is COc1cccc(-c2cc(C3(C(=O)N4CCN(Cc5ccccn5)CC4)CC3)no2)c1. The molecule has 0 spiro atoms. The third-order valence-electron chi connectivity index (χ3n) is 6.29. The molecule has 31 heavy (non-hydrogen) atoms. The number of rotatable bonds is 6. The summed E-state index contributed by atoms with van der Waals surface area (Å²) in [5.74, 6) is 1.60. The van der Waals surface area contributed by atoms with Gasteiger partial charge in [-0.25, -0.2) is 0 Å². The predicted molar refractivity (Wildman–Crippen MR) is 115 cm³/mol. The zero-order chi connectivity index (χ0) is 21.3. The van der Waals surface area contributed by atoms with Crippen molar-refractivity contribution in [3.05, 3.63) is 66.1 Å². The highest BCUT2D eigenvalue weighted by Gasteiger charge is 2.55. The molecule has 1 aliphatic heterocycles. The summed E-state index contributed by atoms with van der Waals surface area (Å²) in [4.78, 5) is 22.1. The maximum atomic E-state index is 13.4. The van der Waals surface area contributed by atoms with Crippen molar-refractivity contribution in [1.29, 1.82) is 0 Å². The number of piperazine rings is 1. The van der Waals surface area contributed by atoms with Crippen molar-refractivity contribution in [1.82, 2.24) is 19.9 Å². The van der Waals surface area contributed by atoms with Crippen LogP contribution in [0.1, 0.15) is 24.2 Å². The van der Waals surface area contributed by atoms with Crippen molar-refractivity contribution in [2.75, 3.05) is 33.3 Å². The molecule has 1 saturated carbocycles. The van der Waals surface area contributed by atoms with E-state index < -0.39 is 5.41 Å². The number of aromatic nitrogens is 2. The van der Waals surface area contributed by atoms with Crippen LogP contribution in [-0.4, -0.2) is 59.1 Å². The van der Waals surface area contributed by atoms with E-state index in [2.05, 4.69) is 15.0 Å². The zero-order valence-electron chi connectivity index (χ0n) is 17.7. The molecule has 3 heterocycles. The number of methoxy groups -OCH3 is 1. The Hall–Kier alpha value is -3.19. The first-order chi connectivity index (χ1) is 15.2. The minimum absolute atomic E-state index is 0.176. The number of hydrogen-bond donors (Lipinski definition) is 0. The third kappa shape index (κ3) is 3.93. The topological polar surface area (TPSA) is 71.7 Å². The summed E-state index contributed by atoms with van der Waals surface area (Å²) >= 11 is 0. The molecule has 0 unspecified atom stereocenters. The Morgan fingerprint density at radius 3 is 2.65 bits per heavy atom. The van der Waals surface area contributed by atoms with E-state index in [1.54, 1.807) is 7.11 Å². The number of hydrogen-bond acceptors (Lipinski definition) is 6. The van der Waals surface area contributed by atoms with Crippen molar-refractivity contribution in [2.45, 2.75) is 24.8 Å². The second-order valence-corrected chi connectivity index (χ2v) is 8.28. The molecule has 2 aromatic heterocycles. The average molecular weight is 418 g/mol. The monoisotopic (exact) mass is 418 g/mol. The van der Waals surface area contributed by atoms with Crippen LogP contribution < -0.4 is 4.74 Å². The zero-order valence-corrected chi connectivity index (χ0v) is 17.7. The van der Waals surface area contributed by atoms with Gasteiger partial charge in [0.15, 0.2) is 5.76 Å². The van der Waals surface area contributed by atoms with Crippen LogP contribution in [0.5, 0.6) is 5.75 Å². The van der Waals surface area contributed by atoms with Crippen molar-refractivity contribution >= 4 is 5.91 Å². The minimum Gasteiger partial charge on any atom is -0.497 e. The van der Waals surface area contributed by atoms with Crippen LogP contribution in [0.4, 0.5) is 0 Å². The third-order valence-corrected chi connectivity index (χ3v) is 6.29. The van der Waals surface area contributed by atoms with E-state index >= 15 is 0 Å². The second kappa shape index (κ2) is 8.15. The molecule has 1 aromatic carbocycles. The van der Waals surface area contributed by atoms with E-state index in [-0.39, 0.29) is 5.91 Å². The number of amides is 1. The normalized spacial score (nSPS) is 18.0. The molecule has 1 saturated heterocycles. The number of carbonyl (C=O) groups excluding carboxylic acids is 1. The van der Waals surface area contributed by atoms with Gasteiger partial charge in [0.1, 0.15) is 5.75 Å². The average Bonchev–Trinajstić information content (AvgIpc) is 3.48. The summed E-state index contributed by atoms with van der Waals surface area (Å²) in [5.41, 5.74) is 2.17. The lowest BCUT2D eigenvalue weighted by Crippen LogP contribution is -2.51. The van der Waals surface area contributed by atoms with Gasteiger partial charge in [-0.2, -0.15) is 0 Å². The largest absolute Gasteiger partial charge is 0.497 e. The van der Waals surface area contributed by atoms with E-state index in [1.807, 2.05) is 59.6 Å². The van der Waals surface area contributed by atoms with Gasteiger partial charge in [-0.3, -0.25) is 14.7 Å². The fraction of sp³-hybridized carbons (Fsp3) is 0.375. The van der Waals surface area contributed by atoms with Crippen molar-refractivity contribution in [3.63, 3.8) is 0 Å². The van der Waals surface area contributed by atoms with E-state index in [0.29, 0.717) is 5.76 Å². The molecule has 3 aromatic rings. The smallest absolute Gasteiger partial charge is 0.235 e. The van der Waals surface area contributed by atoms with Crippen LogP contribution in [0.15, 0.2) is 59.3 Å². The Morgan fingerprint density at radius 2 is 1.94 bits per heavy atom. The lowest BCUT2D eigenvalue weighted by molar-refractivity contribution is -0.136. The van der Waals surface area contributed by atoms with Crippen LogP contribution >= 0.6 is 0 Å². The molecule has 5 rings (SSSR count). The quantitative estimate of drug-likeness (QED) is 0.613. The fourth-order valence-corrected chi connectivity index (χ4v) is 4.25. The van der Waals surface area contributed by atoms with Gasteiger partial charge in [-0.15, -0.1) is 0 Å². The fourth-order valence-electron chi connectivity index (χ4n) is 4.25. The molecule has 2 aliphatic rings. The van der Waals surface area contributed by atoms with Crippen molar-refractivity contribution in [3.8, 4) is 17.1 Å². The summed E-state index contributed by atoms with van der Waals surface area (Å²) in [6.45, 7) is 3.99. The van der Waals surface area contributed by atoms with E-state index in [0.717, 1.165) is 68.3 Å². The Balaban J connectivity index is 1.25. The molecule has 0 bridgehead atoms. The molecule has 160 valence electrons. The summed E-state index contributed by atoms with van der Waals surface area (Å²) in [6, 6.07) is 15.6. The van der Waals surface area contributed by atoms with E-state index in [1.165, 1.54) is 0 Å². The number of ether oxygens (including phenoxy) is 1. The Labute approximate surface area is 181 Å². The molecular weight excluding hydrogens is 392 g/mol. The Morgan fingerprint density at radius 1 is 1.10 bits per heavy atom. The highest BCUT2D eigenvalue weighted by molar-refractivity contribution is 5.91. The van der Waals surface area contributed by atoms with Gasteiger partial charge < -0.3 is 14.2 Å². The van der Waals surface area contributed by atoms with Crippen molar-refractivity contribution < 1.29 is 14.1 Å². The van der Waals surface area contributed by atoms with Crippen molar-refractivity contribution in [2.24, 2.45) is 0 Å². The first-order valence-electron chi connectivity index (χ1n) is 10.7. The van der Waals surface area contributed by atoms with Gasteiger partial charge in [0, 0.05) is 50.6 Å². The van der Waals surface area contributed by atoms with E-state index in [9.17, 15) is 4.79 Å². The predicted octanol–water partition coefficient (Wildman–Crippen LogP) is 3.12. The highest BCUT2D eigenvalue weighted by Crippen LogP contribution is 2.50. The van der Waals surface area contributed by atoms with Crippen LogP contribution in [0.2, 0.25) is 0 Å². The summed E-state index contributed by atoms with van der Waals surface area (Å²) in [5, 5.41) is 4.29. The summed E-state index contributed by atoms with van der Waals surface area (Å²) in [6.07, 6.45) is 3.47. The number of carbonyl (C=O) groups is 1. The molecular formula is C24H26N4O3. The highest BCUT2D eigenvalue weighted by atomic mass is 16.5. The summed E-state index contributed by atoms with van der Waals surface area (Å²) < 4.78 is 10.9. The number of pyridine rings is 1. The lowest BCUT2D eigenvalue weighted by Gasteiger charge is -2.36. The molecule has 0 N–H and O–H groups in total. The van der Waals surface area contributed by atoms with Gasteiger partial charge in [0.2, 0.25) is 5.91 Å². The van der Waals surface area contributed by atoms with E-state index in [4.69, 9.17) is 9.26 Å². The van der Waals surface area contributed by atoms with Gasteiger partial charge in [0.05, 0.1) is 23.9 Å². The second-order valence-electron chi connectivity index (χ2n) is 8.28. The molecule has 7 heteroatoms. The van der Waals surface area contributed by atoms with Gasteiger partial charge >= 0.3 is 0 Å². The van der Waals surface area contributed by atoms with Crippen LogP contribution in [0.25, 0.3) is 11.3 Å².